The average Bonchev–Trinajstić information content (AvgIpc) is 2.83. The summed E-state index contributed by atoms with van der Waals surface area (Å²) in [6.07, 6.45) is 1.27. The number of benzene rings is 1. The number of carbonyl (C=O) groups excluding carboxylic acids is 2. The molecule has 1 aromatic carbocycles. The van der Waals surface area contributed by atoms with Gasteiger partial charge in [-0.2, -0.15) is 0 Å². The van der Waals surface area contributed by atoms with E-state index >= 15 is 0 Å². The number of non-ortho nitro benzene ring substituents is 1. The Morgan fingerprint density at radius 1 is 1.19 bits per heavy atom. The van der Waals surface area contributed by atoms with E-state index in [0.717, 1.165) is 0 Å². The fourth-order valence-electron chi connectivity index (χ4n) is 1.86. The van der Waals surface area contributed by atoms with E-state index in [1.165, 1.54) is 35.2 Å². The molecule has 4 N–H and O–H groups in total. The quantitative estimate of drug-likeness (QED) is 0.589. The molecule has 0 radical (unpaired) electrons. The number of nitrogens with zero attached hydrogens (tertiary/aromatic N) is 3. The lowest BCUT2D eigenvalue weighted by molar-refractivity contribution is -0.384. The summed E-state index contributed by atoms with van der Waals surface area (Å²) in [7, 11) is 0. The van der Waals surface area contributed by atoms with Crippen molar-refractivity contribution in [2.45, 2.75) is 6.54 Å². The summed E-state index contributed by atoms with van der Waals surface area (Å²) >= 11 is 0. The summed E-state index contributed by atoms with van der Waals surface area (Å²) in [6.45, 7) is 0.177. The molecule has 0 aliphatic rings. The van der Waals surface area contributed by atoms with E-state index in [-0.39, 0.29) is 23.6 Å². The van der Waals surface area contributed by atoms with Crippen molar-refractivity contribution in [3.63, 3.8) is 0 Å². The van der Waals surface area contributed by atoms with E-state index in [0.29, 0.717) is 5.56 Å². The molecule has 9 heteroatoms. The van der Waals surface area contributed by atoms with E-state index in [9.17, 15) is 19.7 Å². The smallest absolute Gasteiger partial charge is 0.269 e. The van der Waals surface area contributed by atoms with Crippen LogP contribution in [0.2, 0.25) is 0 Å². The molecule has 0 spiro atoms. The minimum absolute atomic E-state index is 0.0441. The molecule has 2 aromatic rings. The number of rotatable bonds is 5. The second-order valence-electron chi connectivity index (χ2n) is 4.22. The summed E-state index contributed by atoms with van der Waals surface area (Å²) in [6, 6.07) is 5.75. The molecule has 0 aliphatic carbocycles. The first-order chi connectivity index (χ1) is 9.90. The normalized spacial score (nSPS) is 10.3. The number of nitro groups is 1. The van der Waals surface area contributed by atoms with Gasteiger partial charge >= 0.3 is 0 Å². The van der Waals surface area contributed by atoms with Crippen LogP contribution >= 0.6 is 0 Å². The lowest BCUT2D eigenvalue weighted by Gasteiger charge is -2.06. The van der Waals surface area contributed by atoms with Crippen LogP contribution in [0.25, 0.3) is 0 Å². The van der Waals surface area contributed by atoms with Gasteiger partial charge in [0, 0.05) is 18.7 Å². The van der Waals surface area contributed by atoms with Gasteiger partial charge in [0.05, 0.1) is 11.3 Å². The van der Waals surface area contributed by atoms with Crippen molar-refractivity contribution >= 4 is 17.5 Å². The summed E-state index contributed by atoms with van der Waals surface area (Å²) < 4.78 is 1.36. The lowest BCUT2D eigenvalue weighted by Crippen LogP contribution is -2.23. The van der Waals surface area contributed by atoms with Gasteiger partial charge in [-0.25, -0.2) is 4.98 Å². The van der Waals surface area contributed by atoms with Gasteiger partial charge in [0.25, 0.3) is 17.5 Å². The van der Waals surface area contributed by atoms with Gasteiger partial charge < -0.3 is 16.0 Å². The zero-order chi connectivity index (χ0) is 15.6. The fraction of sp³-hybridized carbons (Fsp3) is 0.0833. The van der Waals surface area contributed by atoms with Crippen molar-refractivity contribution in [1.29, 1.82) is 0 Å². The van der Waals surface area contributed by atoms with Crippen LogP contribution < -0.4 is 11.5 Å². The van der Waals surface area contributed by atoms with Crippen LogP contribution in [0.3, 0.4) is 0 Å². The minimum atomic E-state index is -0.855. The molecule has 0 bridgehead atoms. The molecular formula is C12H11N5O4. The van der Waals surface area contributed by atoms with Gasteiger partial charge in [0.15, 0.2) is 5.69 Å². The maximum Gasteiger partial charge on any atom is 0.269 e. The largest absolute Gasteiger partial charge is 0.364 e. The molecule has 0 saturated heterocycles. The topological polar surface area (TPSA) is 147 Å². The van der Waals surface area contributed by atoms with Crippen molar-refractivity contribution < 1.29 is 14.5 Å². The van der Waals surface area contributed by atoms with Crippen LogP contribution in [-0.4, -0.2) is 26.3 Å². The molecule has 21 heavy (non-hydrogen) atoms. The average molecular weight is 289 g/mol. The molecule has 0 saturated carbocycles. The first-order valence-electron chi connectivity index (χ1n) is 5.78. The fourth-order valence-corrected chi connectivity index (χ4v) is 1.86. The highest BCUT2D eigenvalue weighted by Gasteiger charge is 2.20. The second kappa shape index (κ2) is 5.41. The standard InChI is InChI=1S/C12H11N5O4/c13-11(18)9-10(12(14)19)16(6-15-9)5-7-1-3-8(4-2-7)17(20)21/h1-4,6H,5H2,(H2,13,18)(H2,14,19). The molecule has 0 atom stereocenters. The van der Waals surface area contributed by atoms with E-state index in [2.05, 4.69) is 4.98 Å². The maximum atomic E-state index is 11.4. The Morgan fingerprint density at radius 2 is 1.81 bits per heavy atom. The molecule has 9 nitrogen and oxygen atoms in total. The third-order valence-electron chi connectivity index (χ3n) is 2.80. The molecule has 2 rings (SSSR count). The molecule has 0 unspecified atom stereocenters. The van der Waals surface area contributed by atoms with Crippen LogP contribution in [-0.2, 0) is 6.54 Å². The monoisotopic (exact) mass is 289 g/mol. The number of nitrogens with two attached hydrogens (primary N) is 2. The number of primary amides is 2. The van der Waals surface area contributed by atoms with Gasteiger partial charge in [0.1, 0.15) is 5.69 Å². The van der Waals surface area contributed by atoms with Gasteiger partial charge in [-0.3, -0.25) is 19.7 Å². The van der Waals surface area contributed by atoms with Gasteiger partial charge in [0.2, 0.25) is 0 Å². The molecule has 108 valence electrons. The van der Waals surface area contributed by atoms with Gasteiger partial charge in [-0.05, 0) is 5.56 Å². The van der Waals surface area contributed by atoms with Crippen LogP contribution in [0, 0.1) is 10.1 Å². The van der Waals surface area contributed by atoms with E-state index in [4.69, 9.17) is 11.5 Å². The number of hydrogen-bond donors (Lipinski definition) is 2. The van der Waals surface area contributed by atoms with Crippen molar-refractivity contribution in [2.24, 2.45) is 11.5 Å². The predicted molar refractivity (Wildman–Crippen MR) is 71.5 cm³/mol. The predicted octanol–water partition coefficient (Wildman–Crippen LogP) is 0.0374. The molecule has 1 heterocycles. The molecule has 0 fully saturated rings. The summed E-state index contributed by atoms with van der Waals surface area (Å²) in [5.74, 6) is -1.69. The summed E-state index contributed by atoms with van der Waals surface area (Å²) in [5, 5.41) is 10.6. The Morgan fingerprint density at radius 3 is 2.29 bits per heavy atom. The van der Waals surface area contributed by atoms with Gasteiger partial charge in [-0.15, -0.1) is 0 Å². The van der Waals surface area contributed by atoms with E-state index in [1.54, 1.807) is 0 Å². The number of hydrogen-bond acceptors (Lipinski definition) is 5. The van der Waals surface area contributed by atoms with Crippen LogP contribution in [0.15, 0.2) is 30.6 Å². The van der Waals surface area contributed by atoms with Crippen molar-refractivity contribution in [3.05, 3.63) is 57.7 Å². The zero-order valence-corrected chi connectivity index (χ0v) is 10.7. The summed E-state index contributed by atoms with van der Waals surface area (Å²) in [5.41, 5.74) is 10.7. The first-order valence-corrected chi connectivity index (χ1v) is 5.78. The number of carbonyl (C=O) groups is 2. The number of imidazole rings is 1. The molecule has 0 aliphatic heterocycles. The maximum absolute atomic E-state index is 11.4. The molecule has 2 amide bonds. The summed E-state index contributed by atoms with van der Waals surface area (Å²) in [4.78, 5) is 36.4. The Bertz CT molecular complexity index is 720. The van der Waals surface area contributed by atoms with Crippen LogP contribution in [0.4, 0.5) is 5.69 Å². The van der Waals surface area contributed by atoms with Crippen molar-refractivity contribution in [2.75, 3.05) is 0 Å². The first kappa shape index (κ1) is 14.2. The number of nitro benzene ring substituents is 1. The van der Waals surface area contributed by atoms with Crippen LogP contribution in [0.1, 0.15) is 26.5 Å². The highest BCUT2D eigenvalue weighted by molar-refractivity contribution is 6.03. The third kappa shape index (κ3) is 2.86. The minimum Gasteiger partial charge on any atom is -0.364 e. The Kier molecular flexibility index (Phi) is 3.65. The highest BCUT2D eigenvalue weighted by atomic mass is 16.6. The Balaban J connectivity index is 2.33. The number of amides is 2. The Labute approximate surface area is 118 Å². The lowest BCUT2D eigenvalue weighted by atomic mass is 10.2. The number of aromatic nitrogens is 2. The van der Waals surface area contributed by atoms with Crippen LogP contribution in [0.5, 0.6) is 0 Å². The third-order valence-corrected chi connectivity index (χ3v) is 2.80. The highest BCUT2D eigenvalue weighted by Crippen LogP contribution is 2.15. The molecule has 1 aromatic heterocycles. The van der Waals surface area contributed by atoms with Crippen molar-refractivity contribution in [3.8, 4) is 0 Å². The zero-order valence-electron chi connectivity index (χ0n) is 10.7. The van der Waals surface area contributed by atoms with Crippen molar-refractivity contribution in [1.82, 2.24) is 9.55 Å². The van der Waals surface area contributed by atoms with Gasteiger partial charge in [-0.1, -0.05) is 12.1 Å². The Hall–Kier alpha value is -3.23. The SMILES string of the molecule is NC(=O)c1ncn(Cc2ccc([N+](=O)[O-])cc2)c1C(N)=O. The molecular weight excluding hydrogens is 278 g/mol. The van der Waals surface area contributed by atoms with E-state index < -0.39 is 16.7 Å². The van der Waals surface area contributed by atoms with E-state index in [1.807, 2.05) is 0 Å². The second-order valence-corrected chi connectivity index (χ2v) is 4.22.